The molecular formula is C16H28Cl2N2S. The van der Waals surface area contributed by atoms with Crippen LogP contribution in [0.1, 0.15) is 37.8 Å². The minimum atomic E-state index is 0. The number of thioether (sulfide) groups is 1. The molecule has 1 saturated heterocycles. The summed E-state index contributed by atoms with van der Waals surface area (Å²) in [6, 6.07) is 9.79. The maximum Gasteiger partial charge on any atom is 0.0349 e. The molecule has 1 aliphatic rings. The molecule has 1 aromatic carbocycles. The number of hydrogen-bond donors (Lipinski definition) is 1. The summed E-state index contributed by atoms with van der Waals surface area (Å²) in [5, 5.41) is 3.45. The highest BCUT2D eigenvalue weighted by Crippen LogP contribution is 2.28. The van der Waals surface area contributed by atoms with Gasteiger partial charge in [0.05, 0.1) is 0 Å². The Morgan fingerprint density at radius 3 is 2.29 bits per heavy atom. The fourth-order valence-electron chi connectivity index (χ4n) is 2.78. The van der Waals surface area contributed by atoms with Crippen molar-refractivity contribution in [2.24, 2.45) is 0 Å². The summed E-state index contributed by atoms with van der Waals surface area (Å²) in [4.78, 5) is 4.01. The van der Waals surface area contributed by atoms with E-state index in [0.29, 0.717) is 6.04 Å². The van der Waals surface area contributed by atoms with Crippen LogP contribution in [0.3, 0.4) is 0 Å². The van der Waals surface area contributed by atoms with Crippen LogP contribution in [0, 0.1) is 0 Å². The Bertz CT molecular complexity index is 367. The minimum absolute atomic E-state index is 0. The van der Waals surface area contributed by atoms with Gasteiger partial charge in [-0.05, 0) is 30.4 Å². The molecule has 1 fully saturated rings. The first-order valence-electron chi connectivity index (χ1n) is 7.44. The van der Waals surface area contributed by atoms with Crippen molar-refractivity contribution in [1.82, 2.24) is 10.2 Å². The lowest BCUT2D eigenvalue weighted by molar-refractivity contribution is 0.163. The van der Waals surface area contributed by atoms with Crippen LogP contribution in [-0.4, -0.2) is 37.3 Å². The number of unbranched alkanes of at least 4 members (excludes halogenated alkanes) is 1. The Morgan fingerprint density at radius 1 is 1.14 bits per heavy atom. The number of nitrogens with zero attached hydrogens (tertiary/aromatic N) is 1. The van der Waals surface area contributed by atoms with Crippen molar-refractivity contribution in [3.8, 4) is 0 Å². The monoisotopic (exact) mass is 350 g/mol. The standard InChI is InChI=1S/C16H26N2S.2ClH/c1-3-4-5-16(18-12-10-17-11-13-18)14-6-8-15(19-2)9-7-14;;/h6-9,16-17H,3-5,10-13H2,1-2H3;2*1H/t16-;;/m0../s1. The number of nitrogens with one attached hydrogen (secondary N) is 1. The number of halogens is 2. The lowest BCUT2D eigenvalue weighted by Crippen LogP contribution is -2.45. The third-order valence-corrected chi connectivity index (χ3v) is 4.67. The van der Waals surface area contributed by atoms with E-state index in [9.17, 15) is 0 Å². The Kier molecular flexibility index (Phi) is 11.7. The average molecular weight is 351 g/mol. The highest BCUT2D eigenvalue weighted by molar-refractivity contribution is 7.98. The number of hydrogen-bond acceptors (Lipinski definition) is 3. The fraction of sp³-hybridized carbons (Fsp3) is 0.625. The van der Waals surface area contributed by atoms with Gasteiger partial charge in [-0.2, -0.15) is 0 Å². The van der Waals surface area contributed by atoms with Gasteiger partial charge in [0.1, 0.15) is 0 Å². The molecule has 1 heterocycles. The summed E-state index contributed by atoms with van der Waals surface area (Å²) in [7, 11) is 0. The Balaban J connectivity index is 0.00000200. The molecule has 0 bridgehead atoms. The van der Waals surface area contributed by atoms with Gasteiger partial charge >= 0.3 is 0 Å². The van der Waals surface area contributed by atoms with Crippen LogP contribution in [0.15, 0.2) is 29.2 Å². The van der Waals surface area contributed by atoms with Crippen LogP contribution in [0.2, 0.25) is 0 Å². The molecule has 21 heavy (non-hydrogen) atoms. The highest BCUT2D eigenvalue weighted by atomic mass is 35.5. The molecule has 1 N–H and O–H groups in total. The van der Waals surface area contributed by atoms with Crippen molar-refractivity contribution in [2.75, 3.05) is 32.4 Å². The summed E-state index contributed by atoms with van der Waals surface area (Å²) in [6.07, 6.45) is 6.03. The lowest BCUT2D eigenvalue weighted by Gasteiger charge is -2.35. The van der Waals surface area contributed by atoms with E-state index >= 15 is 0 Å². The predicted octanol–water partition coefficient (Wildman–Crippen LogP) is 4.39. The molecule has 1 aliphatic heterocycles. The van der Waals surface area contributed by atoms with Crippen LogP contribution in [-0.2, 0) is 0 Å². The van der Waals surface area contributed by atoms with Crippen molar-refractivity contribution in [3.63, 3.8) is 0 Å². The van der Waals surface area contributed by atoms with Gasteiger partial charge in [-0.25, -0.2) is 0 Å². The third-order valence-electron chi connectivity index (χ3n) is 3.92. The molecule has 122 valence electrons. The van der Waals surface area contributed by atoms with Crippen LogP contribution in [0.25, 0.3) is 0 Å². The first-order valence-corrected chi connectivity index (χ1v) is 8.66. The second kappa shape index (κ2) is 11.6. The zero-order chi connectivity index (χ0) is 13.5. The van der Waals surface area contributed by atoms with E-state index in [-0.39, 0.29) is 24.8 Å². The fourth-order valence-corrected chi connectivity index (χ4v) is 3.19. The Morgan fingerprint density at radius 2 is 1.76 bits per heavy atom. The zero-order valence-corrected chi connectivity index (χ0v) is 15.5. The average Bonchev–Trinajstić information content (AvgIpc) is 2.49. The molecule has 0 aromatic heterocycles. The molecule has 0 amide bonds. The van der Waals surface area contributed by atoms with Gasteiger partial charge < -0.3 is 5.32 Å². The van der Waals surface area contributed by atoms with Crippen LogP contribution in [0.5, 0.6) is 0 Å². The maximum absolute atomic E-state index is 3.45. The van der Waals surface area contributed by atoms with Gasteiger partial charge in [0.2, 0.25) is 0 Å². The molecule has 0 saturated carbocycles. The van der Waals surface area contributed by atoms with E-state index in [4.69, 9.17) is 0 Å². The quantitative estimate of drug-likeness (QED) is 0.766. The van der Waals surface area contributed by atoms with Crippen molar-refractivity contribution in [2.45, 2.75) is 37.1 Å². The van der Waals surface area contributed by atoms with E-state index in [0.717, 1.165) is 13.1 Å². The molecule has 0 radical (unpaired) electrons. The SMILES string of the molecule is CCCC[C@@H](c1ccc(SC)cc1)N1CCNCC1.Cl.Cl. The van der Waals surface area contributed by atoms with E-state index in [2.05, 4.69) is 47.7 Å². The molecule has 2 nitrogen and oxygen atoms in total. The van der Waals surface area contributed by atoms with Crippen molar-refractivity contribution < 1.29 is 0 Å². The second-order valence-electron chi connectivity index (χ2n) is 5.22. The van der Waals surface area contributed by atoms with E-state index in [1.165, 1.54) is 42.8 Å². The predicted molar refractivity (Wildman–Crippen MR) is 99.4 cm³/mol. The van der Waals surface area contributed by atoms with E-state index in [1.54, 1.807) is 0 Å². The number of rotatable bonds is 6. The molecule has 2 rings (SSSR count). The lowest BCUT2D eigenvalue weighted by atomic mass is 9.99. The topological polar surface area (TPSA) is 15.3 Å². The van der Waals surface area contributed by atoms with Crippen LogP contribution < -0.4 is 5.32 Å². The molecule has 0 unspecified atom stereocenters. The summed E-state index contributed by atoms with van der Waals surface area (Å²) in [5.74, 6) is 0. The summed E-state index contributed by atoms with van der Waals surface area (Å²) < 4.78 is 0. The first-order chi connectivity index (χ1) is 9.35. The molecule has 1 aromatic rings. The van der Waals surface area contributed by atoms with Crippen LogP contribution >= 0.6 is 36.6 Å². The van der Waals surface area contributed by atoms with E-state index in [1.807, 2.05) is 11.8 Å². The Labute approximate surface area is 146 Å². The van der Waals surface area contributed by atoms with Crippen molar-refractivity contribution in [3.05, 3.63) is 29.8 Å². The largest absolute Gasteiger partial charge is 0.314 e. The molecule has 0 aliphatic carbocycles. The summed E-state index contributed by atoms with van der Waals surface area (Å²) in [6.45, 7) is 6.90. The molecule has 0 spiro atoms. The highest BCUT2D eigenvalue weighted by Gasteiger charge is 2.21. The summed E-state index contributed by atoms with van der Waals surface area (Å²) >= 11 is 1.82. The van der Waals surface area contributed by atoms with Crippen molar-refractivity contribution in [1.29, 1.82) is 0 Å². The normalized spacial score (nSPS) is 16.7. The second-order valence-corrected chi connectivity index (χ2v) is 6.10. The number of piperazine rings is 1. The molecular weight excluding hydrogens is 323 g/mol. The van der Waals surface area contributed by atoms with Gasteiger partial charge in [-0.1, -0.05) is 31.9 Å². The van der Waals surface area contributed by atoms with Gasteiger partial charge in [0, 0.05) is 37.1 Å². The van der Waals surface area contributed by atoms with Gasteiger partial charge in [-0.3, -0.25) is 4.90 Å². The van der Waals surface area contributed by atoms with Gasteiger partial charge in [0.25, 0.3) is 0 Å². The smallest absolute Gasteiger partial charge is 0.0349 e. The Hall–Kier alpha value is 0.0700. The summed E-state index contributed by atoms with van der Waals surface area (Å²) in [5.41, 5.74) is 1.49. The maximum atomic E-state index is 3.45. The van der Waals surface area contributed by atoms with Crippen LogP contribution in [0.4, 0.5) is 0 Å². The molecule has 5 heteroatoms. The van der Waals surface area contributed by atoms with Gasteiger partial charge in [-0.15, -0.1) is 36.6 Å². The van der Waals surface area contributed by atoms with Gasteiger partial charge in [0.15, 0.2) is 0 Å². The zero-order valence-electron chi connectivity index (χ0n) is 13.0. The van der Waals surface area contributed by atoms with Crippen molar-refractivity contribution >= 4 is 36.6 Å². The van der Waals surface area contributed by atoms with E-state index < -0.39 is 0 Å². The molecule has 1 atom stereocenters. The third kappa shape index (κ3) is 6.37. The number of benzene rings is 1. The minimum Gasteiger partial charge on any atom is -0.314 e. The first kappa shape index (κ1) is 21.1.